The monoisotopic (exact) mass is 473 g/mol. The summed E-state index contributed by atoms with van der Waals surface area (Å²) in [6.45, 7) is 1.29. The molecule has 11 nitrogen and oxygen atoms in total. The van der Waals surface area contributed by atoms with Gasteiger partial charge in [0.05, 0.1) is 23.3 Å². The zero-order valence-electron chi connectivity index (χ0n) is 18.9. The SMILES string of the molecule is CC(=O)c1cc(N)c(O)c2c1C[C@@H]1C[C@@H]3[C@@H](N(C)C)C(O)C(C(N)=O)C(=O)[C@]3(O)C(=O)C1C2=O. The number of rotatable bonds is 3. The lowest BCUT2D eigenvalue weighted by molar-refractivity contribution is -0.190. The van der Waals surface area contributed by atoms with Crippen LogP contribution in [0.3, 0.4) is 0 Å². The molecule has 4 rings (SSSR count). The van der Waals surface area contributed by atoms with Gasteiger partial charge in [-0.05, 0) is 51.4 Å². The van der Waals surface area contributed by atoms with E-state index in [-0.39, 0.29) is 41.0 Å². The van der Waals surface area contributed by atoms with Crippen molar-refractivity contribution in [3.8, 4) is 5.75 Å². The van der Waals surface area contributed by atoms with Gasteiger partial charge in [0.15, 0.2) is 28.7 Å². The highest BCUT2D eigenvalue weighted by atomic mass is 16.3. The van der Waals surface area contributed by atoms with E-state index >= 15 is 0 Å². The largest absolute Gasteiger partial charge is 0.505 e. The number of carbonyl (C=O) groups is 5. The summed E-state index contributed by atoms with van der Waals surface area (Å²) in [6, 6.07) is 0.285. The third-order valence-electron chi connectivity index (χ3n) is 7.70. The average molecular weight is 473 g/mol. The number of aliphatic hydroxyl groups is 2. The number of primary amides is 1. The van der Waals surface area contributed by atoms with Crippen LogP contribution in [0.25, 0.3) is 0 Å². The number of nitrogens with two attached hydrogens (primary N) is 2. The highest BCUT2D eigenvalue weighted by Crippen LogP contribution is 2.52. The molecule has 1 aromatic carbocycles. The maximum atomic E-state index is 13.7. The van der Waals surface area contributed by atoms with E-state index in [4.69, 9.17) is 11.5 Å². The number of phenolic OH excluding ortho intramolecular Hbond substituents is 1. The molecule has 2 saturated carbocycles. The lowest BCUT2D eigenvalue weighted by atomic mass is 9.52. The maximum absolute atomic E-state index is 13.7. The minimum atomic E-state index is -2.73. The fourth-order valence-corrected chi connectivity index (χ4v) is 6.22. The van der Waals surface area contributed by atoms with Crippen molar-refractivity contribution in [2.24, 2.45) is 29.4 Å². The molecule has 1 amide bonds. The van der Waals surface area contributed by atoms with Crippen LogP contribution in [-0.2, 0) is 20.8 Å². The molecule has 0 heterocycles. The van der Waals surface area contributed by atoms with Gasteiger partial charge in [-0.2, -0.15) is 0 Å². The zero-order chi connectivity index (χ0) is 25.4. The number of phenols is 1. The molecular weight excluding hydrogens is 446 g/mol. The fraction of sp³-hybridized carbons (Fsp3) is 0.522. The Morgan fingerprint density at radius 2 is 1.79 bits per heavy atom. The van der Waals surface area contributed by atoms with Crippen LogP contribution in [0.1, 0.15) is 39.6 Å². The van der Waals surface area contributed by atoms with Crippen molar-refractivity contribution < 1.29 is 39.3 Å². The van der Waals surface area contributed by atoms with E-state index in [1.165, 1.54) is 17.9 Å². The number of Topliss-reactive ketones (excluding diaryl/α,β-unsaturated/α-hetero) is 4. The molecule has 7 N–H and O–H groups in total. The van der Waals surface area contributed by atoms with Gasteiger partial charge in [-0.25, -0.2) is 0 Å². The van der Waals surface area contributed by atoms with Crippen molar-refractivity contribution in [2.75, 3.05) is 19.8 Å². The van der Waals surface area contributed by atoms with Crippen molar-refractivity contribution in [1.82, 2.24) is 4.90 Å². The summed E-state index contributed by atoms with van der Waals surface area (Å²) in [5.41, 5.74) is 8.29. The van der Waals surface area contributed by atoms with E-state index in [0.717, 1.165) is 0 Å². The number of carbonyl (C=O) groups excluding carboxylic acids is 5. The number of benzene rings is 1. The first-order valence-electron chi connectivity index (χ1n) is 10.9. The van der Waals surface area contributed by atoms with Crippen LogP contribution in [0.15, 0.2) is 6.07 Å². The number of aromatic hydroxyl groups is 1. The first-order chi connectivity index (χ1) is 15.7. The third kappa shape index (κ3) is 2.97. The van der Waals surface area contributed by atoms with Gasteiger partial charge in [0.1, 0.15) is 11.7 Å². The minimum absolute atomic E-state index is 0.0301. The molecule has 11 heteroatoms. The molecule has 3 unspecified atom stereocenters. The lowest BCUT2D eigenvalue weighted by Crippen LogP contribution is -2.75. The summed E-state index contributed by atoms with van der Waals surface area (Å²) < 4.78 is 0. The van der Waals surface area contributed by atoms with Crippen LogP contribution < -0.4 is 11.5 Å². The summed E-state index contributed by atoms with van der Waals surface area (Å²) in [4.78, 5) is 66.2. The molecule has 34 heavy (non-hydrogen) atoms. The number of likely N-dealkylation sites (N-methyl/N-ethyl adjacent to an activating group) is 1. The van der Waals surface area contributed by atoms with Crippen molar-refractivity contribution >= 4 is 34.7 Å². The van der Waals surface area contributed by atoms with E-state index in [1.807, 2.05) is 0 Å². The summed E-state index contributed by atoms with van der Waals surface area (Å²) in [6.07, 6.45) is -1.56. The normalized spacial score (nSPS) is 34.9. The smallest absolute Gasteiger partial charge is 0.230 e. The summed E-state index contributed by atoms with van der Waals surface area (Å²) in [5.74, 6) is -10.5. The van der Waals surface area contributed by atoms with Crippen LogP contribution in [0, 0.1) is 23.7 Å². The number of aliphatic hydroxyl groups excluding tert-OH is 1. The second-order valence-corrected chi connectivity index (χ2v) is 9.74. The van der Waals surface area contributed by atoms with Gasteiger partial charge in [-0.15, -0.1) is 0 Å². The van der Waals surface area contributed by atoms with Gasteiger partial charge in [0.2, 0.25) is 5.91 Å². The Balaban J connectivity index is 1.91. The summed E-state index contributed by atoms with van der Waals surface area (Å²) in [7, 11) is 3.13. The van der Waals surface area contributed by atoms with Gasteiger partial charge < -0.3 is 31.7 Å². The Hall–Kier alpha value is -3.15. The molecule has 2 fully saturated rings. The molecule has 0 radical (unpaired) electrons. The van der Waals surface area contributed by atoms with Crippen molar-refractivity contribution in [1.29, 1.82) is 0 Å². The van der Waals surface area contributed by atoms with Gasteiger partial charge in [0, 0.05) is 17.5 Å². The van der Waals surface area contributed by atoms with Crippen LogP contribution in [0.2, 0.25) is 0 Å². The molecular formula is C23H27N3O8. The van der Waals surface area contributed by atoms with Gasteiger partial charge in [0.25, 0.3) is 0 Å². The van der Waals surface area contributed by atoms with Crippen LogP contribution >= 0.6 is 0 Å². The Bertz CT molecular complexity index is 1160. The van der Waals surface area contributed by atoms with E-state index in [2.05, 4.69) is 0 Å². The van der Waals surface area contributed by atoms with Crippen molar-refractivity contribution in [3.05, 3.63) is 22.8 Å². The van der Waals surface area contributed by atoms with Crippen molar-refractivity contribution in [2.45, 2.75) is 37.5 Å². The number of nitrogens with zero attached hydrogens (tertiary/aromatic N) is 1. The average Bonchev–Trinajstić information content (AvgIpc) is 2.72. The number of hydrogen-bond donors (Lipinski definition) is 5. The molecule has 0 spiro atoms. The number of nitrogen functional groups attached to an aromatic ring is 1. The second kappa shape index (κ2) is 7.69. The molecule has 182 valence electrons. The third-order valence-corrected chi connectivity index (χ3v) is 7.70. The highest BCUT2D eigenvalue weighted by Gasteiger charge is 2.69. The number of fused-ring (bicyclic) bond motifs is 3. The molecule has 7 atom stereocenters. The molecule has 3 aliphatic carbocycles. The number of hydrogen-bond acceptors (Lipinski definition) is 10. The summed E-state index contributed by atoms with van der Waals surface area (Å²) >= 11 is 0. The number of ketones is 4. The maximum Gasteiger partial charge on any atom is 0.230 e. The molecule has 1 aromatic rings. The number of anilines is 1. The molecule has 0 saturated heterocycles. The predicted octanol–water partition coefficient (Wildman–Crippen LogP) is -1.56. The van der Waals surface area contributed by atoms with E-state index in [1.54, 1.807) is 14.1 Å². The standard InChI is InChI=1S/C23H27N3O8/c1-7(27)9-6-12(24)17(28)14-10(9)4-8-5-11-16(26(2)3)19(30)15(22(25)33)21(32)23(11,34)20(31)13(8)18(14)29/h6,8,11,13,15-16,19,28,30,34H,4-5,24H2,1-3H3,(H2,25,33)/t8-,11-,13?,15?,16-,19?,23-/m1/s1. The van der Waals surface area contributed by atoms with E-state index in [0.29, 0.717) is 0 Å². The van der Waals surface area contributed by atoms with Crippen LogP contribution in [-0.4, -0.2) is 81.1 Å². The predicted molar refractivity (Wildman–Crippen MR) is 117 cm³/mol. The lowest BCUT2D eigenvalue weighted by Gasteiger charge is -2.54. The fourth-order valence-electron chi connectivity index (χ4n) is 6.22. The first kappa shape index (κ1) is 24.0. The molecule has 0 aromatic heterocycles. The zero-order valence-corrected chi connectivity index (χ0v) is 18.9. The molecule has 3 aliphatic rings. The minimum Gasteiger partial charge on any atom is -0.505 e. The highest BCUT2D eigenvalue weighted by molar-refractivity contribution is 6.26. The van der Waals surface area contributed by atoms with Gasteiger partial charge >= 0.3 is 0 Å². The van der Waals surface area contributed by atoms with E-state index < -0.39 is 70.4 Å². The molecule has 0 bridgehead atoms. The van der Waals surface area contributed by atoms with Crippen LogP contribution in [0.4, 0.5) is 5.69 Å². The molecule has 0 aliphatic heterocycles. The van der Waals surface area contributed by atoms with Crippen LogP contribution in [0.5, 0.6) is 5.75 Å². The number of amides is 1. The first-order valence-corrected chi connectivity index (χ1v) is 10.9. The topological polar surface area (TPSA) is 201 Å². The van der Waals surface area contributed by atoms with Crippen molar-refractivity contribution in [3.63, 3.8) is 0 Å². The Labute approximate surface area is 194 Å². The summed E-state index contributed by atoms with van der Waals surface area (Å²) in [5, 5.41) is 32.9. The quantitative estimate of drug-likeness (QED) is 0.148. The van der Waals surface area contributed by atoms with E-state index in [9.17, 15) is 39.3 Å². The second-order valence-electron chi connectivity index (χ2n) is 9.74. The van der Waals surface area contributed by atoms with Gasteiger partial charge in [-0.1, -0.05) is 0 Å². The Morgan fingerprint density at radius 3 is 2.32 bits per heavy atom. The Kier molecular flexibility index (Phi) is 5.42. The Morgan fingerprint density at radius 1 is 1.18 bits per heavy atom. The van der Waals surface area contributed by atoms with Gasteiger partial charge in [-0.3, -0.25) is 24.0 Å².